The molecule has 66 valence electrons. The van der Waals surface area contributed by atoms with Gasteiger partial charge < -0.3 is 10.3 Å². The third kappa shape index (κ3) is 1.25. The third-order valence-corrected chi connectivity index (χ3v) is 2.43. The minimum atomic E-state index is 0.386. The van der Waals surface area contributed by atoms with E-state index in [4.69, 9.17) is 5.73 Å². The molecule has 3 nitrogen and oxygen atoms in total. The fourth-order valence-electron chi connectivity index (χ4n) is 1.62. The van der Waals surface area contributed by atoms with Gasteiger partial charge in [-0.3, -0.25) is 0 Å². The van der Waals surface area contributed by atoms with Crippen LogP contribution in [0.1, 0.15) is 31.4 Å². The van der Waals surface area contributed by atoms with E-state index in [2.05, 4.69) is 16.5 Å². The molecule has 0 spiro atoms. The molecule has 2 unspecified atom stereocenters. The van der Waals surface area contributed by atoms with Gasteiger partial charge in [-0.05, 0) is 12.8 Å². The second kappa shape index (κ2) is 2.90. The summed E-state index contributed by atoms with van der Waals surface area (Å²) in [5, 5.41) is 0. The molecule has 0 saturated heterocycles. The second-order valence-corrected chi connectivity index (χ2v) is 3.52. The van der Waals surface area contributed by atoms with Crippen LogP contribution in [0, 0.1) is 0 Å². The fraction of sp³-hybridized carbons (Fsp3) is 0.667. The van der Waals surface area contributed by atoms with Crippen LogP contribution >= 0.6 is 0 Å². The largest absolute Gasteiger partial charge is 0.334 e. The molecule has 0 aromatic carbocycles. The second-order valence-electron chi connectivity index (χ2n) is 3.52. The molecule has 0 bridgehead atoms. The van der Waals surface area contributed by atoms with Crippen molar-refractivity contribution in [2.45, 2.75) is 38.3 Å². The van der Waals surface area contributed by atoms with Gasteiger partial charge >= 0.3 is 0 Å². The van der Waals surface area contributed by atoms with Crippen molar-refractivity contribution in [3.63, 3.8) is 0 Å². The van der Waals surface area contributed by atoms with Crippen molar-refractivity contribution >= 4 is 0 Å². The lowest BCUT2D eigenvalue weighted by molar-refractivity contribution is 0.644. The van der Waals surface area contributed by atoms with Crippen molar-refractivity contribution in [2.24, 2.45) is 5.73 Å². The van der Waals surface area contributed by atoms with Crippen molar-refractivity contribution in [1.29, 1.82) is 0 Å². The lowest BCUT2D eigenvalue weighted by Crippen LogP contribution is -2.05. The molecule has 1 aromatic rings. The maximum Gasteiger partial charge on any atom is 0.0948 e. The number of hydrogen-bond acceptors (Lipinski definition) is 2. The Morgan fingerprint density at radius 3 is 3.08 bits per heavy atom. The molecular formula is C9H15N3. The Hall–Kier alpha value is -0.830. The summed E-state index contributed by atoms with van der Waals surface area (Å²) in [7, 11) is 0. The van der Waals surface area contributed by atoms with Crippen LogP contribution in [-0.4, -0.2) is 15.6 Å². The Balaban J connectivity index is 2.14. The molecule has 12 heavy (non-hydrogen) atoms. The monoisotopic (exact) mass is 165 g/mol. The molecule has 2 atom stereocenters. The first-order valence-electron chi connectivity index (χ1n) is 4.58. The van der Waals surface area contributed by atoms with Crippen LogP contribution < -0.4 is 5.73 Å². The van der Waals surface area contributed by atoms with E-state index in [1.54, 1.807) is 0 Å². The number of nitrogens with zero attached hydrogens (tertiary/aromatic N) is 2. The van der Waals surface area contributed by atoms with Gasteiger partial charge in [0.25, 0.3) is 0 Å². The summed E-state index contributed by atoms with van der Waals surface area (Å²) in [6.45, 7) is 3.25. The van der Waals surface area contributed by atoms with E-state index >= 15 is 0 Å². The molecule has 0 radical (unpaired) electrons. The van der Waals surface area contributed by atoms with Crippen LogP contribution in [0.15, 0.2) is 12.5 Å². The lowest BCUT2D eigenvalue weighted by atomic mass is 10.3. The average Bonchev–Trinajstić information content (AvgIpc) is 2.62. The van der Waals surface area contributed by atoms with Crippen molar-refractivity contribution in [1.82, 2.24) is 9.55 Å². The van der Waals surface area contributed by atoms with Crippen LogP contribution in [-0.2, 0) is 6.54 Å². The first kappa shape index (κ1) is 7.80. The first-order chi connectivity index (χ1) is 5.83. The van der Waals surface area contributed by atoms with Gasteiger partial charge in [0.05, 0.1) is 6.33 Å². The molecule has 0 aliphatic heterocycles. The van der Waals surface area contributed by atoms with Gasteiger partial charge in [-0.25, -0.2) is 4.98 Å². The maximum atomic E-state index is 5.78. The molecule has 1 saturated carbocycles. The van der Waals surface area contributed by atoms with E-state index in [1.807, 2.05) is 12.5 Å². The van der Waals surface area contributed by atoms with Crippen molar-refractivity contribution in [2.75, 3.05) is 0 Å². The minimum absolute atomic E-state index is 0.386. The first-order valence-corrected chi connectivity index (χ1v) is 4.58. The highest BCUT2D eigenvalue weighted by molar-refractivity contribution is 5.18. The van der Waals surface area contributed by atoms with Crippen LogP contribution in [0.25, 0.3) is 0 Å². The zero-order valence-corrected chi connectivity index (χ0v) is 7.40. The van der Waals surface area contributed by atoms with Gasteiger partial charge in [-0.2, -0.15) is 0 Å². The number of nitrogens with two attached hydrogens (primary N) is 1. The molecule has 2 N–H and O–H groups in total. The smallest absolute Gasteiger partial charge is 0.0948 e. The SMILES string of the molecule is CCCn1cncc1C1CC1N. The van der Waals surface area contributed by atoms with Gasteiger partial charge in [-0.1, -0.05) is 6.92 Å². The Kier molecular flexibility index (Phi) is 1.89. The predicted octanol–water partition coefficient (Wildman–Crippen LogP) is 1.11. The Bertz CT molecular complexity index is 266. The highest BCUT2D eigenvalue weighted by Gasteiger charge is 2.36. The number of rotatable bonds is 3. The summed E-state index contributed by atoms with van der Waals surface area (Å²) in [5.74, 6) is 0.582. The Morgan fingerprint density at radius 1 is 1.75 bits per heavy atom. The van der Waals surface area contributed by atoms with Crippen LogP contribution in [0.2, 0.25) is 0 Å². The van der Waals surface area contributed by atoms with Crippen LogP contribution in [0.3, 0.4) is 0 Å². The highest BCUT2D eigenvalue weighted by atomic mass is 15.1. The molecule has 1 aromatic heterocycles. The average molecular weight is 165 g/mol. The zero-order chi connectivity index (χ0) is 8.55. The summed E-state index contributed by atoms with van der Waals surface area (Å²) in [4.78, 5) is 4.14. The maximum absolute atomic E-state index is 5.78. The summed E-state index contributed by atoms with van der Waals surface area (Å²) in [6.07, 6.45) is 6.15. The van der Waals surface area contributed by atoms with Crippen molar-refractivity contribution in [3.05, 3.63) is 18.2 Å². The normalized spacial score (nSPS) is 27.5. The molecule has 2 rings (SSSR count). The quantitative estimate of drug-likeness (QED) is 0.729. The highest BCUT2D eigenvalue weighted by Crippen LogP contribution is 2.38. The number of aromatic nitrogens is 2. The van der Waals surface area contributed by atoms with Gasteiger partial charge in [0.2, 0.25) is 0 Å². The van der Waals surface area contributed by atoms with E-state index in [1.165, 1.54) is 5.69 Å². The summed E-state index contributed by atoms with van der Waals surface area (Å²) in [5.41, 5.74) is 7.11. The van der Waals surface area contributed by atoms with E-state index < -0.39 is 0 Å². The van der Waals surface area contributed by atoms with Crippen LogP contribution in [0.4, 0.5) is 0 Å². The molecule has 1 fully saturated rings. The van der Waals surface area contributed by atoms with Crippen molar-refractivity contribution in [3.8, 4) is 0 Å². The van der Waals surface area contributed by atoms with Crippen LogP contribution in [0.5, 0.6) is 0 Å². The predicted molar refractivity (Wildman–Crippen MR) is 47.9 cm³/mol. The molecule has 0 amide bonds. The minimum Gasteiger partial charge on any atom is -0.334 e. The zero-order valence-electron chi connectivity index (χ0n) is 7.40. The number of imidazole rings is 1. The molecule has 1 heterocycles. The van der Waals surface area contributed by atoms with Gasteiger partial charge in [0.1, 0.15) is 0 Å². The van der Waals surface area contributed by atoms with E-state index in [0.717, 1.165) is 19.4 Å². The van der Waals surface area contributed by atoms with Gasteiger partial charge in [0.15, 0.2) is 0 Å². The van der Waals surface area contributed by atoms with E-state index in [0.29, 0.717) is 12.0 Å². The van der Waals surface area contributed by atoms with Gasteiger partial charge in [0, 0.05) is 30.4 Å². The van der Waals surface area contributed by atoms with Gasteiger partial charge in [-0.15, -0.1) is 0 Å². The lowest BCUT2D eigenvalue weighted by Gasteiger charge is -2.04. The summed E-state index contributed by atoms with van der Waals surface area (Å²) < 4.78 is 2.22. The number of hydrogen-bond donors (Lipinski definition) is 1. The molecular weight excluding hydrogens is 150 g/mol. The fourth-order valence-corrected chi connectivity index (χ4v) is 1.62. The molecule has 1 aliphatic rings. The summed E-state index contributed by atoms with van der Waals surface area (Å²) in [6, 6.07) is 0.386. The molecule has 1 aliphatic carbocycles. The Morgan fingerprint density at radius 2 is 2.50 bits per heavy atom. The standard InChI is InChI=1S/C9H15N3/c1-2-3-12-6-11-5-9(12)7-4-8(7)10/h5-8H,2-4,10H2,1H3. The Labute approximate surface area is 72.6 Å². The van der Waals surface area contributed by atoms with E-state index in [9.17, 15) is 0 Å². The summed E-state index contributed by atoms with van der Waals surface area (Å²) >= 11 is 0. The van der Waals surface area contributed by atoms with E-state index in [-0.39, 0.29) is 0 Å². The topological polar surface area (TPSA) is 43.8 Å². The number of aryl methyl sites for hydroxylation is 1. The van der Waals surface area contributed by atoms with Crippen molar-refractivity contribution < 1.29 is 0 Å². The molecule has 3 heteroatoms. The third-order valence-electron chi connectivity index (χ3n) is 2.43.